The third-order valence-corrected chi connectivity index (χ3v) is 2.23. The molecule has 0 aliphatic heterocycles. The van der Waals surface area contributed by atoms with Gasteiger partial charge in [-0.1, -0.05) is 24.1 Å². The standard InChI is InChI=1S/C9H19N7O/c1-7(2)6-16(5-4-8(10)12-17)9-11-13-14-15(9)3/h7,17H,4-6H2,1-3H3,(H2,10,12). The summed E-state index contributed by atoms with van der Waals surface area (Å²) in [5.74, 6) is 1.36. The van der Waals surface area contributed by atoms with Crippen LogP contribution in [0.15, 0.2) is 5.16 Å². The lowest BCUT2D eigenvalue weighted by molar-refractivity contribution is 0.317. The lowest BCUT2D eigenvalue weighted by atomic mass is 10.2. The fourth-order valence-corrected chi connectivity index (χ4v) is 1.51. The first-order valence-electron chi connectivity index (χ1n) is 5.48. The van der Waals surface area contributed by atoms with E-state index < -0.39 is 0 Å². The summed E-state index contributed by atoms with van der Waals surface area (Å²) in [7, 11) is 1.78. The molecule has 0 aromatic carbocycles. The van der Waals surface area contributed by atoms with Crippen LogP contribution < -0.4 is 10.6 Å². The van der Waals surface area contributed by atoms with Crippen molar-refractivity contribution in [3.05, 3.63) is 0 Å². The molecule has 17 heavy (non-hydrogen) atoms. The molecule has 0 spiro atoms. The number of anilines is 1. The maximum Gasteiger partial charge on any atom is 0.245 e. The van der Waals surface area contributed by atoms with Gasteiger partial charge in [-0.3, -0.25) is 0 Å². The van der Waals surface area contributed by atoms with Gasteiger partial charge in [0, 0.05) is 26.6 Å². The molecule has 1 aromatic rings. The molecule has 3 N–H and O–H groups in total. The van der Waals surface area contributed by atoms with Crippen molar-refractivity contribution < 1.29 is 5.21 Å². The highest BCUT2D eigenvalue weighted by Crippen LogP contribution is 2.10. The molecule has 0 radical (unpaired) electrons. The number of nitrogens with zero attached hydrogens (tertiary/aromatic N) is 6. The number of aromatic nitrogens is 4. The summed E-state index contributed by atoms with van der Waals surface area (Å²) < 4.78 is 1.61. The number of tetrazole rings is 1. The summed E-state index contributed by atoms with van der Waals surface area (Å²) >= 11 is 0. The van der Waals surface area contributed by atoms with Gasteiger partial charge < -0.3 is 15.8 Å². The van der Waals surface area contributed by atoms with Crippen LogP contribution in [0.4, 0.5) is 5.95 Å². The van der Waals surface area contributed by atoms with E-state index in [0.29, 0.717) is 24.8 Å². The van der Waals surface area contributed by atoms with Gasteiger partial charge in [-0.15, -0.1) is 0 Å². The predicted molar refractivity (Wildman–Crippen MR) is 63.9 cm³/mol. The van der Waals surface area contributed by atoms with Crippen molar-refractivity contribution in [2.45, 2.75) is 20.3 Å². The Kier molecular flexibility index (Phi) is 4.68. The third-order valence-electron chi connectivity index (χ3n) is 2.23. The largest absolute Gasteiger partial charge is 0.409 e. The summed E-state index contributed by atoms with van der Waals surface area (Å²) in [5, 5.41) is 22.8. The normalized spacial score (nSPS) is 12.1. The quantitative estimate of drug-likeness (QED) is 0.309. The third kappa shape index (κ3) is 3.89. The fourth-order valence-electron chi connectivity index (χ4n) is 1.51. The van der Waals surface area contributed by atoms with E-state index in [1.807, 2.05) is 4.90 Å². The second-order valence-corrected chi connectivity index (χ2v) is 4.28. The van der Waals surface area contributed by atoms with Crippen molar-refractivity contribution in [3.8, 4) is 0 Å². The Labute approximate surface area is 100 Å². The molecule has 0 saturated carbocycles. The molecule has 96 valence electrons. The Morgan fingerprint density at radius 1 is 1.59 bits per heavy atom. The molecule has 8 heteroatoms. The number of nitrogens with two attached hydrogens (primary N) is 1. The molecule has 0 aliphatic carbocycles. The van der Waals surface area contributed by atoms with Crippen LogP contribution in [-0.4, -0.2) is 44.3 Å². The maximum absolute atomic E-state index is 8.51. The first-order chi connectivity index (χ1) is 8.04. The van der Waals surface area contributed by atoms with E-state index in [9.17, 15) is 0 Å². The summed E-state index contributed by atoms with van der Waals surface area (Å²) in [5.41, 5.74) is 5.46. The van der Waals surface area contributed by atoms with Crippen molar-refractivity contribution in [2.24, 2.45) is 23.9 Å². The van der Waals surface area contributed by atoms with E-state index in [4.69, 9.17) is 10.9 Å². The zero-order valence-corrected chi connectivity index (χ0v) is 10.4. The summed E-state index contributed by atoms with van der Waals surface area (Å²) in [6, 6.07) is 0. The van der Waals surface area contributed by atoms with E-state index in [-0.39, 0.29) is 5.84 Å². The van der Waals surface area contributed by atoms with Crippen LogP contribution >= 0.6 is 0 Å². The van der Waals surface area contributed by atoms with Gasteiger partial charge in [-0.25, -0.2) is 4.68 Å². The average molecular weight is 241 g/mol. The van der Waals surface area contributed by atoms with Crippen LogP contribution in [0.2, 0.25) is 0 Å². The van der Waals surface area contributed by atoms with Gasteiger partial charge in [0.25, 0.3) is 0 Å². The minimum Gasteiger partial charge on any atom is -0.409 e. The summed E-state index contributed by atoms with van der Waals surface area (Å²) in [6.07, 6.45) is 0.468. The molecule has 0 bridgehead atoms. The number of hydrogen-bond acceptors (Lipinski definition) is 6. The van der Waals surface area contributed by atoms with Crippen molar-refractivity contribution in [1.29, 1.82) is 0 Å². The number of amidine groups is 1. The van der Waals surface area contributed by atoms with Crippen LogP contribution in [0.25, 0.3) is 0 Å². The number of rotatable bonds is 6. The average Bonchev–Trinajstić information content (AvgIpc) is 2.69. The molecule has 0 unspecified atom stereocenters. The molecule has 0 fully saturated rings. The first kappa shape index (κ1) is 13.2. The Morgan fingerprint density at radius 2 is 2.29 bits per heavy atom. The van der Waals surface area contributed by atoms with E-state index in [0.717, 1.165) is 6.54 Å². The van der Waals surface area contributed by atoms with Crippen LogP contribution in [0, 0.1) is 5.92 Å². The zero-order valence-electron chi connectivity index (χ0n) is 10.4. The fraction of sp³-hybridized carbons (Fsp3) is 0.778. The number of oxime groups is 1. The monoisotopic (exact) mass is 241 g/mol. The van der Waals surface area contributed by atoms with Gasteiger partial charge in [0.1, 0.15) is 5.84 Å². The predicted octanol–water partition coefficient (Wildman–Crippen LogP) is -0.191. The van der Waals surface area contributed by atoms with E-state index in [2.05, 4.69) is 34.5 Å². The van der Waals surface area contributed by atoms with Crippen molar-refractivity contribution >= 4 is 11.8 Å². The minimum absolute atomic E-state index is 0.203. The van der Waals surface area contributed by atoms with Crippen LogP contribution in [0.3, 0.4) is 0 Å². The van der Waals surface area contributed by atoms with Crippen molar-refractivity contribution in [3.63, 3.8) is 0 Å². The van der Waals surface area contributed by atoms with Gasteiger partial charge in [0.05, 0.1) is 0 Å². The molecule has 0 atom stereocenters. The first-order valence-corrected chi connectivity index (χ1v) is 5.48. The second kappa shape index (κ2) is 6.02. The summed E-state index contributed by atoms with van der Waals surface area (Å²) in [4.78, 5) is 2.02. The molecule has 0 aliphatic rings. The number of hydrogen-bond donors (Lipinski definition) is 2. The molecule has 1 aromatic heterocycles. The Bertz CT molecular complexity index is 373. The van der Waals surface area contributed by atoms with Crippen molar-refractivity contribution in [2.75, 3.05) is 18.0 Å². The lowest BCUT2D eigenvalue weighted by Gasteiger charge is -2.23. The highest BCUT2D eigenvalue weighted by Gasteiger charge is 2.14. The molecule has 0 amide bonds. The molecule has 8 nitrogen and oxygen atoms in total. The van der Waals surface area contributed by atoms with Crippen LogP contribution in [-0.2, 0) is 7.05 Å². The second-order valence-electron chi connectivity index (χ2n) is 4.28. The molecular formula is C9H19N7O. The Balaban J connectivity index is 2.71. The molecular weight excluding hydrogens is 222 g/mol. The lowest BCUT2D eigenvalue weighted by Crippen LogP contribution is -2.33. The van der Waals surface area contributed by atoms with Gasteiger partial charge in [-0.2, -0.15) is 0 Å². The molecule has 1 heterocycles. The highest BCUT2D eigenvalue weighted by molar-refractivity contribution is 5.80. The smallest absolute Gasteiger partial charge is 0.245 e. The SMILES string of the molecule is CC(C)CN(CCC(N)=NO)c1nnnn1C. The van der Waals surface area contributed by atoms with Crippen molar-refractivity contribution in [1.82, 2.24) is 20.2 Å². The van der Waals surface area contributed by atoms with E-state index >= 15 is 0 Å². The van der Waals surface area contributed by atoms with Gasteiger partial charge in [0.15, 0.2) is 0 Å². The molecule has 1 rings (SSSR count). The molecule has 0 saturated heterocycles. The topological polar surface area (TPSA) is 105 Å². The Morgan fingerprint density at radius 3 is 2.76 bits per heavy atom. The maximum atomic E-state index is 8.51. The van der Waals surface area contributed by atoms with Gasteiger partial charge >= 0.3 is 0 Å². The van der Waals surface area contributed by atoms with Crippen LogP contribution in [0.5, 0.6) is 0 Å². The highest BCUT2D eigenvalue weighted by atomic mass is 16.4. The number of aryl methyl sites for hydroxylation is 1. The minimum atomic E-state index is 0.203. The van der Waals surface area contributed by atoms with Gasteiger partial charge in [-0.05, 0) is 16.3 Å². The summed E-state index contributed by atoms with van der Waals surface area (Å²) in [6.45, 7) is 5.65. The van der Waals surface area contributed by atoms with E-state index in [1.165, 1.54) is 0 Å². The van der Waals surface area contributed by atoms with Crippen LogP contribution in [0.1, 0.15) is 20.3 Å². The zero-order chi connectivity index (χ0) is 12.8. The van der Waals surface area contributed by atoms with E-state index in [1.54, 1.807) is 11.7 Å². The Hall–Kier alpha value is -1.86. The van der Waals surface area contributed by atoms with Gasteiger partial charge in [0.2, 0.25) is 5.95 Å².